The summed E-state index contributed by atoms with van der Waals surface area (Å²) in [5.41, 5.74) is 0.672. The third kappa shape index (κ3) is 6.62. The highest BCUT2D eigenvalue weighted by molar-refractivity contribution is 5.79. The molecule has 1 heterocycles. The van der Waals surface area contributed by atoms with Crippen LogP contribution < -0.4 is 10.6 Å². The number of benzene rings is 1. The lowest BCUT2D eigenvalue weighted by Gasteiger charge is -2.24. The summed E-state index contributed by atoms with van der Waals surface area (Å²) >= 11 is 0. The highest BCUT2D eigenvalue weighted by atomic mass is 19.1. The zero-order valence-corrected chi connectivity index (χ0v) is 17.6. The van der Waals surface area contributed by atoms with E-state index in [-0.39, 0.29) is 17.2 Å². The summed E-state index contributed by atoms with van der Waals surface area (Å²) in [6, 6.07) is 6.71. The van der Waals surface area contributed by atoms with Crippen LogP contribution in [0.4, 0.5) is 4.39 Å². The van der Waals surface area contributed by atoms with E-state index < -0.39 is 0 Å². The molecule has 2 N–H and O–H groups in total. The Kier molecular flexibility index (Phi) is 7.96. The molecule has 0 amide bonds. The van der Waals surface area contributed by atoms with Gasteiger partial charge in [0.05, 0.1) is 6.54 Å². The molecule has 0 aliphatic heterocycles. The minimum Gasteiger partial charge on any atom is -0.357 e. The first-order valence-corrected chi connectivity index (χ1v) is 9.92. The van der Waals surface area contributed by atoms with Gasteiger partial charge < -0.3 is 15.2 Å². The maximum absolute atomic E-state index is 13.5. The summed E-state index contributed by atoms with van der Waals surface area (Å²) < 4.78 is 18.8. The van der Waals surface area contributed by atoms with Gasteiger partial charge in [0.2, 0.25) is 5.89 Å². The summed E-state index contributed by atoms with van der Waals surface area (Å²) in [6.07, 6.45) is 1.58. The molecule has 0 spiro atoms. The number of hydrogen-bond donors (Lipinski definition) is 2. The smallest absolute Gasteiger partial charge is 0.226 e. The molecule has 28 heavy (non-hydrogen) atoms. The molecule has 2 aromatic rings. The number of halogens is 1. The van der Waals surface area contributed by atoms with Crippen molar-refractivity contribution in [2.75, 3.05) is 19.6 Å². The van der Waals surface area contributed by atoms with Crippen molar-refractivity contribution in [2.45, 2.75) is 58.8 Å². The van der Waals surface area contributed by atoms with Crippen LogP contribution in [-0.4, -0.2) is 35.7 Å². The molecule has 0 atom stereocenters. The molecule has 0 fully saturated rings. The quantitative estimate of drug-likeness (QED) is 0.388. The Morgan fingerprint density at radius 3 is 2.71 bits per heavy atom. The van der Waals surface area contributed by atoms with Crippen molar-refractivity contribution < 1.29 is 8.91 Å². The number of hydrogen-bond acceptors (Lipinski definition) is 4. The van der Waals surface area contributed by atoms with Crippen LogP contribution in [0.15, 0.2) is 33.8 Å². The molecular weight excluding hydrogens is 357 g/mol. The van der Waals surface area contributed by atoms with Crippen LogP contribution in [0.3, 0.4) is 0 Å². The molecule has 154 valence electrons. The van der Waals surface area contributed by atoms with Gasteiger partial charge in [-0.1, -0.05) is 45.0 Å². The third-order valence-electron chi connectivity index (χ3n) is 4.44. The van der Waals surface area contributed by atoms with E-state index in [0.717, 1.165) is 43.3 Å². The van der Waals surface area contributed by atoms with Gasteiger partial charge in [-0.25, -0.2) is 4.39 Å². The topological polar surface area (TPSA) is 75.3 Å². The molecule has 0 aliphatic carbocycles. The molecule has 1 aromatic carbocycles. The van der Waals surface area contributed by atoms with Crippen LogP contribution >= 0.6 is 0 Å². The van der Waals surface area contributed by atoms with Crippen LogP contribution in [0.1, 0.15) is 64.2 Å². The first-order chi connectivity index (χ1) is 13.3. The maximum Gasteiger partial charge on any atom is 0.226 e. The number of aromatic nitrogens is 2. The molecule has 0 radical (unpaired) electrons. The van der Waals surface area contributed by atoms with Crippen LogP contribution in [0.25, 0.3) is 0 Å². The standard InChI is InChI=1S/C21H32FN5O/c1-6-23-20(24-12-8-11-18-26-19(15(2)3)27-28-18)25-14-21(4,5)16-9-7-10-17(22)13-16/h7,9-10,13,15H,6,8,11-12,14H2,1-5H3,(H2,23,24,25). The van der Waals surface area contributed by atoms with E-state index in [1.54, 1.807) is 12.1 Å². The Hall–Kier alpha value is -2.44. The lowest BCUT2D eigenvalue weighted by molar-refractivity contribution is 0.368. The minimum absolute atomic E-state index is 0.221. The number of rotatable bonds is 9. The number of guanidine groups is 1. The van der Waals surface area contributed by atoms with Crippen molar-refractivity contribution in [1.82, 2.24) is 20.8 Å². The molecule has 6 nitrogen and oxygen atoms in total. The predicted octanol–water partition coefficient (Wildman–Crippen LogP) is 3.80. The summed E-state index contributed by atoms with van der Waals surface area (Å²) in [5, 5.41) is 10.6. The van der Waals surface area contributed by atoms with E-state index in [1.807, 2.05) is 26.8 Å². The second-order valence-electron chi connectivity index (χ2n) is 7.82. The Labute approximate surface area is 167 Å². The van der Waals surface area contributed by atoms with Gasteiger partial charge in [-0.3, -0.25) is 4.99 Å². The maximum atomic E-state index is 13.5. The van der Waals surface area contributed by atoms with Gasteiger partial charge in [0.1, 0.15) is 5.82 Å². The monoisotopic (exact) mass is 389 g/mol. The molecule has 0 bridgehead atoms. The number of nitrogens with one attached hydrogen (secondary N) is 2. The Balaban J connectivity index is 1.87. The van der Waals surface area contributed by atoms with Gasteiger partial charge in [-0.05, 0) is 31.0 Å². The average Bonchev–Trinajstić information content (AvgIpc) is 3.12. The SMILES string of the molecule is CCNC(=NCC(C)(C)c1cccc(F)c1)NCCCc1nc(C(C)C)no1. The number of aryl methyl sites for hydroxylation is 1. The molecular formula is C21H32FN5O. The molecule has 2 rings (SSSR count). The van der Waals surface area contributed by atoms with Crippen LogP contribution in [0.2, 0.25) is 0 Å². The highest BCUT2D eigenvalue weighted by Crippen LogP contribution is 2.24. The molecule has 0 aliphatic rings. The normalized spacial score (nSPS) is 12.5. The lowest BCUT2D eigenvalue weighted by atomic mass is 9.85. The zero-order valence-electron chi connectivity index (χ0n) is 17.6. The average molecular weight is 390 g/mol. The largest absolute Gasteiger partial charge is 0.357 e. The summed E-state index contributed by atoms with van der Waals surface area (Å²) in [4.78, 5) is 9.07. The minimum atomic E-state index is -0.262. The fraction of sp³-hybridized carbons (Fsp3) is 0.571. The third-order valence-corrected chi connectivity index (χ3v) is 4.44. The van der Waals surface area contributed by atoms with Crippen molar-refractivity contribution in [3.63, 3.8) is 0 Å². The second-order valence-corrected chi connectivity index (χ2v) is 7.82. The van der Waals surface area contributed by atoms with Gasteiger partial charge in [0.15, 0.2) is 11.8 Å². The molecule has 7 heteroatoms. The predicted molar refractivity (Wildman–Crippen MR) is 110 cm³/mol. The van der Waals surface area contributed by atoms with E-state index in [4.69, 9.17) is 4.52 Å². The zero-order chi connectivity index (χ0) is 20.6. The fourth-order valence-corrected chi connectivity index (χ4v) is 2.67. The van der Waals surface area contributed by atoms with Crippen LogP contribution in [0, 0.1) is 5.82 Å². The first kappa shape index (κ1) is 21.9. The molecule has 1 aromatic heterocycles. The number of aliphatic imine (C=N–C) groups is 1. The van der Waals surface area contributed by atoms with Gasteiger partial charge in [0, 0.05) is 30.8 Å². The van der Waals surface area contributed by atoms with E-state index in [2.05, 4.69) is 39.6 Å². The second kappa shape index (κ2) is 10.2. The first-order valence-electron chi connectivity index (χ1n) is 9.92. The van der Waals surface area contributed by atoms with Gasteiger partial charge in [0.25, 0.3) is 0 Å². The highest BCUT2D eigenvalue weighted by Gasteiger charge is 2.21. The van der Waals surface area contributed by atoms with Crippen LogP contribution in [0.5, 0.6) is 0 Å². The molecule has 0 saturated heterocycles. The Bertz CT molecular complexity index is 770. The summed E-state index contributed by atoms with van der Waals surface area (Å²) in [5.74, 6) is 2.21. The van der Waals surface area contributed by atoms with Gasteiger partial charge in [-0.2, -0.15) is 4.98 Å². The number of nitrogens with zero attached hydrogens (tertiary/aromatic N) is 3. The summed E-state index contributed by atoms with van der Waals surface area (Å²) in [6.45, 7) is 12.3. The van der Waals surface area contributed by atoms with E-state index in [0.29, 0.717) is 12.4 Å². The van der Waals surface area contributed by atoms with Gasteiger partial charge in [-0.15, -0.1) is 0 Å². The fourth-order valence-electron chi connectivity index (χ4n) is 2.67. The van der Waals surface area contributed by atoms with Crippen molar-refractivity contribution in [3.8, 4) is 0 Å². The van der Waals surface area contributed by atoms with Crippen LogP contribution in [-0.2, 0) is 11.8 Å². The van der Waals surface area contributed by atoms with E-state index in [1.165, 1.54) is 6.07 Å². The van der Waals surface area contributed by atoms with Crippen molar-refractivity contribution in [1.29, 1.82) is 0 Å². The lowest BCUT2D eigenvalue weighted by Crippen LogP contribution is -2.39. The Morgan fingerprint density at radius 2 is 2.07 bits per heavy atom. The summed E-state index contributed by atoms with van der Waals surface area (Å²) in [7, 11) is 0. The van der Waals surface area contributed by atoms with Crippen molar-refractivity contribution >= 4 is 5.96 Å². The van der Waals surface area contributed by atoms with E-state index in [9.17, 15) is 4.39 Å². The van der Waals surface area contributed by atoms with Crippen molar-refractivity contribution in [2.24, 2.45) is 4.99 Å². The van der Waals surface area contributed by atoms with Gasteiger partial charge >= 0.3 is 0 Å². The van der Waals surface area contributed by atoms with Crippen molar-refractivity contribution in [3.05, 3.63) is 47.4 Å². The Morgan fingerprint density at radius 1 is 1.29 bits per heavy atom. The molecule has 0 unspecified atom stereocenters. The van der Waals surface area contributed by atoms with E-state index >= 15 is 0 Å². The molecule has 0 saturated carbocycles.